The number of anilines is 1. The van der Waals surface area contributed by atoms with Gasteiger partial charge in [-0.25, -0.2) is 13.8 Å². The maximum absolute atomic E-state index is 13.5. The lowest BCUT2D eigenvalue weighted by atomic mass is 10.3. The van der Waals surface area contributed by atoms with Crippen LogP contribution in [0.4, 0.5) is 23.2 Å². The topological polar surface area (TPSA) is 68.5 Å². The van der Waals surface area contributed by atoms with E-state index in [2.05, 4.69) is 15.5 Å². The third-order valence-electron chi connectivity index (χ3n) is 3.72. The Kier molecular flexibility index (Phi) is 5.57. The zero-order valence-corrected chi connectivity index (χ0v) is 14.5. The molecule has 10 heteroatoms. The number of carbonyl (C=O) groups excluding carboxylic acids is 1. The van der Waals surface area contributed by atoms with Crippen LogP contribution in [0.2, 0.25) is 0 Å². The number of hydrogen-bond donors (Lipinski definition) is 1. The molecule has 0 aliphatic rings. The number of aromatic nitrogens is 2. The molecule has 1 N–H and O–H groups in total. The van der Waals surface area contributed by atoms with Crippen LogP contribution in [0.3, 0.4) is 0 Å². The minimum absolute atomic E-state index is 0.0252. The first-order valence-corrected chi connectivity index (χ1v) is 8.03. The first-order valence-electron chi connectivity index (χ1n) is 8.03. The molecule has 2 aromatic carbocycles. The molecule has 146 valence electrons. The Hall–Kier alpha value is -3.43. The lowest BCUT2D eigenvalue weighted by Gasteiger charge is -2.08. The predicted molar refractivity (Wildman–Crippen MR) is 94.1 cm³/mol. The largest absolute Gasteiger partial charge is 0.385 e. The van der Waals surface area contributed by atoms with Crippen molar-refractivity contribution >= 4 is 28.3 Å². The normalized spacial score (nSPS) is 11.9. The average Bonchev–Trinajstić information content (AvgIpc) is 3.04. The molecule has 1 heterocycles. The minimum Gasteiger partial charge on any atom is -0.385 e. The number of nitrogens with zero attached hydrogens (tertiary/aromatic N) is 3. The van der Waals surface area contributed by atoms with Crippen molar-refractivity contribution in [2.45, 2.75) is 13.5 Å². The van der Waals surface area contributed by atoms with Crippen LogP contribution in [-0.2, 0) is 9.63 Å². The monoisotopic (exact) mass is 394 g/mol. The third-order valence-corrected chi connectivity index (χ3v) is 3.72. The summed E-state index contributed by atoms with van der Waals surface area (Å²) in [4.78, 5) is 20.7. The number of rotatable bonds is 6. The van der Waals surface area contributed by atoms with Crippen molar-refractivity contribution in [2.24, 2.45) is 5.16 Å². The van der Waals surface area contributed by atoms with Gasteiger partial charge >= 0.3 is 6.55 Å². The van der Waals surface area contributed by atoms with Crippen molar-refractivity contribution in [2.75, 3.05) is 11.9 Å². The van der Waals surface area contributed by atoms with E-state index in [9.17, 15) is 22.4 Å². The lowest BCUT2D eigenvalue weighted by Crippen LogP contribution is -2.18. The fraction of sp³-hybridized carbons (Fsp3) is 0.167. The SMILES string of the molecule is CC(=NOCC(=O)Nc1ccc(F)cc1F)c1nc2ccccc2n1C(F)F. The van der Waals surface area contributed by atoms with Gasteiger partial charge in [0.05, 0.1) is 16.7 Å². The first kappa shape index (κ1) is 19.3. The second kappa shape index (κ2) is 8.07. The number of hydrogen-bond acceptors (Lipinski definition) is 4. The average molecular weight is 394 g/mol. The predicted octanol–water partition coefficient (Wildman–Crippen LogP) is 4.09. The van der Waals surface area contributed by atoms with Gasteiger partial charge in [0.2, 0.25) is 0 Å². The van der Waals surface area contributed by atoms with Gasteiger partial charge in [0, 0.05) is 6.07 Å². The highest BCUT2D eigenvalue weighted by Crippen LogP contribution is 2.23. The highest BCUT2D eigenvalue weighted by atomic mass is 19.3. The van der Waals surface area contributed by atoms with Crippen molar-refractivity contribution in [3.05, 3.63) is 59.9 Å². The standard InChI is InChI=1S/C18H14F4N4O2/c1-10(17-24-14-4-2-3-5-15(14)26(17)18(21)22)25-28-9-16(27)23-13-7-6-11(19)8-12(13)20/h2-8,18H,9H2,1H3,(H,23,27). The van der Waals surface area contributed by atoms with E-state index in [1.54, 1.807) is 18.2 Å². The number of imidazole rings is 1. The van der Waals surface area contributed by atoms with Crippen LogP contribution in [0.15, 0.2) is 47.6 Å². The smallest absolute Gasteiger partial charge is 0.320 e. The molecular weight excluding hydrogens is 380 g/mol. The molecule has 1 amide bonds. The van der Waals surface area contributed by atoms with E-state index < -0.39 is 30.7 Å². The van der Waals surface area contributed by atoms with Gasteiger partial charge in [-0.2, -0.15) is 8.78 Å². The summed E-state index contributed by atoms with van der Waals surface area (Å²) in [5, 5.41) is 5.82. The fourth-order valence-electron chi connectivity index (χ4n) is 2.50. The van der Waals surface area contributed by atoms with E-state index in [-0.39, 0.29) is 22.7 Å². The van der Waals surface area contributed by atoms with Gasteiger partial charge in [0.1, 0.15) is 17.3 Å². The number of fused-ring (bicyclic) bond motifs is 1. The van der Waals surface area contributed by atoms with E-state index in [1.165, 1.54) is 13.0 Å². The number of halogens is 4. The van der Waals surface area contributed by atoms with Gasteiger partial charge in [-0.05, 0) is 31.2 Å². The van der Waals surface area contributed by atoms with E-state index in [0.29, 0.717) is 16.2 Å². The molecule has 0 aliphatic carbocycles. The summed E-state index contributed by atoms with van der Waals surface area (Å²) in [5.74, 6) is -2.60. The zero-order chi connectivity index (χ0) is 20.3. The van der Waals surface area contributed by atoms with E-state index >= 15 is 0 Å². The summed E-state index contributed by atoms with van der Waals surface area (Å²) in [6.07, 6.45) is 0. The Morgan fingerprint density at radius 2 is 2.00 bits per heavy atom. The number of alkyl halides is 2. The van der Waals surface area contributed by atoms with Gasteiger partial charge in [-0.1, -0.05) is 17.3 Å². The van der Waals surface area contributed by atoms with Gasteiger partial charge < -0.3 is 10.2 Å². The van der Waals surface area contributed by atoms with Crippen LogP contribution in [-0.4, -0.2) is 27.8 Å². The molecule has 6 nitrogen and oxygen atoms in total. The van der Waals surface area contributed by atoms with Crippen LogP contribution in [0.5, 0.6) is 0 Å². The van der Waals surface area contributed by atoms with Crippen molar-refractivity contribution < 1.29 is 27.2 Å². The number of benzene rings is 2. The zero-order valence-electron chi connectivity index (χ0n) is 14.5. The molecule has 0 bridgehead atoms. The number of para-hydroxylation sites is 2. The maximum Gasteiger partial charge on any atom is 0.320 e. The number of carbonyl (C=O) groups is 1. The Bertz CT molecular complexity index is 1050. The fourth-order valence-corrected chi connectivity index (χ4v) is 2.50. The summed E-state index contributed by atoms with van der Waals surface area (Å²) in [6, 6.07) is 9.01. The second-order valence-corrected chi connectivity index (χ2v) is 5.69. The Morgan fingerprint density at radius 3 is 2.71 bits per heavy atom. The first-order chi connectivity index (χ1) is 13.4. The van der Waals surface area contributed by atoms with Crippen molar-refractivity contribution in [3.8, 4) is 0 Å². The lowest BCUT2D eigenvalue weighted by molar-refractivity contribution is -0.120. The Labute approximate surface area is 156 Å². The molecule has 0 saturated carbocycles. The highest BCUT2D eigenvalue weighted by molar-refractivity contribution is 5.98. The molecular formula is C18H14F4N4O2. The maximum atomic E-state index is 13.5. The van der Waals surface area contributed by atoms with E-state index in [0.717, 1.165) is 12.1 Å². The molecule has 28 heavy (non-hydrogen) atoms. The number of nitrogens with one attached hydrogen (secondary N) is 1. The second-order valence-electron chi connectivity index (χ2n) is 5.69. The van der Waals surface area contributed by atoms with Crippen LogP contribution < -0.4 is 5.32 Å². The molecule has 0 aliphatic heterocycles. The summed E-state index contributed by atoms with van der Waals surface area (Å²) >= 11 is 0. The molecule has 3 aromatic rings. The minimum atomic E-state index is -2.85. The molecule has 3 rings (SSSR count). The Balaban J connectivity index is 1.70. The summed E-state index contributed by atoms with van der Waals surface area (Å²) in [7, 11) is 0. The van der Waals surface area contributed by atoms with Crippen molar-refractivity contribution in [1.29, 1.82) is 0 Å². The van der Waals surface area contributed by atoms with Crippen molar-refractivity contribution in [3.63, 3.8) is 0 Å². The van der Waals surface area contributed by atoms with Crippen LogP contribution in [0, 0.1) is 11.6 Å². The molecule has 1 aromatic heterocycles. The van der Waals surface area contributed by atoms with Crippen molar-refractivity contribution in [1.82, 2.24) is 9.55 Å². The quantitative estimate of drug-likeness (QED) is 0.389. The third kappa shape index (κ3) is 4.11. The molecule has 0 atom stereocenters. The van der Waals surface area contributed by atoms with Crippen LogP contribution >= 0.6 is 0 Å². The molecule has 0 radical (unpaired) electrons. The summed E-state index contributed by atoms with van der Waals surface area (Å²) in [5.41, 5.74) is 0.385. The number of amides is 1. The molecule has 0 unspecified atom stereocenters. The summed E-state index contributed by atoms with van der Waals surface area (Å²) < 4.78 is 53.9. The summed E-state index contributed by atoms with van der Waals surface area (Å²) in [6.45, 7) is -2.06. The van der Waals surface area contributed by atoms with E-state index in [4.69, 9.17) is 4.84 Å². The van der Waals surface area contributed by atoms with E-state index in [1.807, 2.05) is 0 Å². The van der Waals surface area contributed by atoms with Gasteiger partial charge in [0.25, 0.3) is 5.91 Å². The van der Waals surface area contributed by atoms with Crippen LogP contribution in [0.1, 0.15) is 19.3 Å². The van der Waals surface area contributed by atoms with Gasteiger partial charge in [-0.3, -0.25) is 9.36 Å². The van der Waals surface area contributed by atoms with Gasteiger partial charge in [-0.15, -0.1) is 0 Å². The highest BCUT2D eigenvalue weighted by Gasteiger charge is 2.19. The van der Waals surface area contributed by atoms with Crippen LogP contribution in [0.25, 0.3) is 11.0 Å². The number of oxime groups is 1. The molecule has 0 fully saturated rings. The molecule has 0 spiro atoms. The molecule has 0 saturated heterocycles. The van der Waals surface area contributed by atoms with Gasteiger partial charge in [0.15, 0.2) is 12.4 Å². The Morgan fingerprint density at radius 1 is 1.25 bits per heavy atom.